The number of benzene rings is 2. The average Bonchev–Trinajstić information content (AvgIpc) is 2.21. The molecule has 2 rings (SSSR count). The summed E-state index contributed by atoms with van der Waals surface area (Å²) >= 11 is 0.177. The SMILES string of the molecule is c1ccc([As]c2ccccc2)cc1. The Kier molecular flexibility index (Phi) is 2.84. The molecule has 1 heteroatoms. The second kappa shape index (κ2) is 4.30. The molecule has 63 valence electrons. The topological polar surface area (TPSA) is 0 Å². The van der Waals surface area contributed by atoms with Gasteiger partial charge in [-0.05, 0) is 0 Å². The number of hydrogen-bond donors (Lipinski definition) is 0. The predicted molar refractivity (Wildman–Crippen MR) is 57.9 cm³/mol. The molecule has 0 N–H and O–H groups in total. The van der Waals surface area contributed by atoms with Crippen LogP contribution >= 0.6 is 0 Å². The fraction of sp³-hybridized carbons (Fsp3) is 0. The predicted octanol–water partition coefficient (Wildman–Crippen LogP) is 1.34. The summed E-state index contributed by atoms with van der Waals surface area (Å²) in [4.78, 5) is 0. The van der Waals surface area contributed by atoms with Gasteiger partial charge in [-0.25, -0.2) is 0 Å². The quantitative estimate of drug-likeness (QED) is 0.682. The van der Waals surface area contributed by atoms with Gasteiger partial charge in [0, 0.05) is 0 Å². The van der Waals surface area contributed by atoms with E-state index in [1.165, 1.54) is 8.70 Å². The fourth-order valence-corrected chi connectivity index (χ4v) is 3.13. The molecule has 0 aliphatic rings. The third-order valence-electron chi connectivity index (χ3n) is 1.77. The van der Waals surface area contributed by atoms with Gasteiger partial charge in [0.2, 0.25) is 0 Å². The molecule has 0 fully saturated rings. The molecule has 2 aromatic carbocycles. The van der Waals surface area contributed by atoms with E-state index < -0.39 is 0 Å². The summed E-state index contributed by atoms with van der Waals surface area (Å²) in [6.45, 7) is 0. The van der Waals surface area contributed by atoms with Crippen LogP contribution in [-0.2, 0) is 0 Å². The van der Waals surface area contributed by atoms with E-state index in [0.717, 1.165) is 0 Å². The molecule has 0 atom stereocenters. The normalized spacial score (nSPS) is 9.85. The van der Waals surface area contributed by atoms with Crippen molar-refractivity contribution in [1.29, 1.82) is 0 Å². The minimum absolute atomic E-state index is 0.177. The van der Waals surface area contributed by atoms with Crippen LogP contribution in [0.5, 0.6) is 0 Å². The molecule has 1 radical (unpaired) electrons. The van der Waals surface area contributed by atoms with Crippen LogP contribution in [0.2, 0.25) is 0 Å². The van der Waals surface area contributed by atoms with Gasteiger partial charge in [-0.1, -0.05) is 0 Å². The van der Waals surface area contributed by atoms with Crippen LogP contribution in [0.3, 0.4) is 0 Å². The molecular weight excluding hydrogens is 219 g/mol. The van der Waals surface area contributed by atoms with E-state index in [-0.39, 0.29) is 15.8 Å². The Balaban J connectivity index is 2.16. The van der Waals surface area contributed by atoms with Crippen molar-refractivity contribution in [3.05, 3.63) is 60.7 Å². The van der Waals surface area contributed by atoms with Gasteiger partial charge in [-0.3, -0.25) is 0 Å². The molecule has 0 nitrogen and oxygen atoms in total. The first kappa shape index (κ1) is 8.59. The molecule has 0 saturated carbocycles. The van der Waals surface area contributed by atoms with Crippen LogP contribution < -0.4 is 8.70 Å². The minimum atomic E-state index is 0.177. The third-order valence-corrected chi connectivity index (χ3v) is 4.11. The van der Waals surface area contributed by atoms with Crippen molar-refractivity contribution < 1.29 is 0 Å². The molecule has 0 bridgehead atoms. The average molecular weight is 229 g/mol. The Labute approximate surface area is 85.3 Å². The zero-order chi connectivity index (χ0) is 8.93. The van der Waals surface area contributed by atoms with Crippen molar-refractivity contribution >= 4 is 24.5 Å². The van der Waals surface area contributed by atoms with E-state index in [0.29, 0.717) is 0 Å². The summed E-state index contributed by atoms with van der Waals surface area (Å²) in [6.07, 6.45) is 0. The van der Waals surface area contributed by atoms with Gasteiger partial charge in [-0.2, -0.15) is 0 Å². The van der Waals surface area contributed by atoms with E-state index in [4.69, 9.17) is 0 Å². The second-order valence-electron chi connectivity index (χ2n) is 2.78. The van der Waals surface area contributed by atoms with E-state index in [1.807, 2.05) is 0 Å². The molecule has 0 aliphatic heterocycles. The first-order valence-electron chi connectivity index (χ1n) is 4.27. The fourth-order valence-electron chi connectivity index (χ4n) is 1.15. The maximum atomic E-state index is 2.20. The molecule has 0 heterocycles. The van der Waals surface area contributed by atoms with Gasteiger partial charge in [0.1, 0.15) is 0 Å². The van der Waals surface area contributed by atoms with Gasteiger partial charge in [0.05, 0.1) is 0 Å². The van der Waals surface area contributed by atoms with Crippen molar-refractivity contribution in [2.75, 3.05) is 0 Å². The molecule has 0 aliphatic carbocycles. The first-order valence-corrected chi connectivity index (χ1v) is 6.15. The van der Waals surface area contributed by atoms with E-state index >= 15 is 0 Å². The molecule has 0 aromatic heterocycles. The third kappa shape index (κ3) is 2.47. The Morgan fingerprint density at radius 3 is 1.31 bits per heavy atom. The molecule has 2 aromatic rings. The number of hydrogen-bond acceptors (Lipinski definition) is 0. The van der Waals surface area contributed by atoms with Crippen LogP contribution in [0.25, 0.3) is 0 Å². The second-order valence-corrected chi connectivity index (χ2v) is 5.42. The Morgan fingerprint density at radius 2 is 0.923 bits per heavy atom. The number of rotatable bonds is 2. The van der Waals surface area contributed by atoms with Crippen LogP contribution in [0, 0.1) is 0 Å². The van der Waals surface area contributed by atoms with Gasteiger partial charge < -0.3 is 0 Å². The van der Waals surface area contributed by atoms with Crippen LogP contribution in [0.1, 0.15) is 0 Å². The molecule has 0 amide bonds. The van der Waals surface area contributed by atoms with E-state index in [1.54, 1.807) is 0 Å². The van der Waals surface area contributed by atoms with Crippen molar-refractivity contribution in [3.63, 3.8) is 0 Å². The van der Waals surface area contributed by atoms with Gasteiger partial charge in [-0.15, -0.1) is 0 Å². The molecule has 0 saturated heterocycles. The van der Waals surface area contributed by atoms with Gasteiger partial charge in [0.25, 0.3) is 0 Å². The standard InChI is InChI=1S/C12H10As/c1-3-7-11(8-4-1)13-12-9-5-2-6-10-12/h1-10H. The zero-order valence-corrected chi connectivity index (χ0v) is 9.10. The Morgan fingerprint density at radius 1 is 0.538 bits per heavy atom. The summed E-state index contributed by atoms with van der Waals surface area (Å²) in [5, 5.41) is 0. The first-order chi connectivity index (χ1) is 6.45. The summed E-state index contributed by atoms with van der Waals surface area (Å²) in [6, 6.07) is 21.4. The summed E-state index contributed by atoms with van der Waals surface area (Å²) in [7, 11) is 0. The van der Waals surface area contributed by atoms with E-state index in [2.05, 4.69) is 60.7 Å². The van der Waals surface area contributed by atoms with Gasteiger partial charge >= 0.3 is 85.1 Å². The summed E-state index contributed by atoms with van der Waals surface area (Å²) < 4.78 is 2.93. The van der Waals surface area contributed by atoms with Crippen molar-refractivity contribution in [2.45, 2.75) is 0 Å². The van der Waals surface area contributed by atoms with Crippen LogP contribution in [-0.4, -0.2) is 15.8 Å². The van der Waals surface area contributed by atoms with Crippen molar-refractivity contribution in [2.24, 2.45) is 0 Å². The molecular formula is C12H10As. The zero-order valence-electron chi connectivity index (χ0n) is 7.22. The summed E-state index contributed by atoms with van der Waals surface area (Å²) in [5.41, 5.74) is 0. The Bertz CT molecular complexity index is 316. The Hall–Kier alpha value is -1.00. The van der Waals surface area contributed by atoms with Crippen molar-refractivity contribution in [3.8, 4) is 0 Å². The maximum absolute atomic E-state index is 2.20. The molecule has 0 spiro atoms. The molecule has 13 heavy (non-hydrogen) atoms. The van der Waals surface area contributed by atoms with Crippen molar-refractivity contribution in [1.82, 2.24) is 0 Å². The summed E-state index contributed by atoms with van der Waals surface area (Å²) in [5.74, 6) is 0. The monoisotopic (exact) mass is 229 g/mol. The van der Waals surface area contributed by atoms with Crippen LogP contribution in [0.4, 0.5) is 0 Å². The van der Waals surface area contributed by atoms with E-state index in [9.17, 15) is 0 Å². The van der Waals surface area contributed by atoms with Gasteiger partial charge in [0.15, 0.2) is 0 Å². The molecule has 0 unspecified atom stereocenters. The van der Waals surface area contributed by atoms with Crippen LogP contribution in [0.15, 0.2) is 60.7 Å².